The van der Waals surface area contributed by atoms with Crippen LogP contribution in [0.25, 0.3) is 0 Å². The minimum Gasteiger partial charge on any atom is -0.462 e. The molecule has 6 atom stereocenters. The van der Waals surface area contributed by atoms with Gasteiger partial charge in [0.2, 0.25) is 0 Å². The summed E-state index contributed by atoms with van der Waals surface area (Å²) in [5.41, 5.74) is 0. The molecule has 0 saturated heterocycles. The summed E-state index contributed by atoms with van der Waals surface area (Å²) in [6.45, 7) is 14.1. The monoisotopic (exact) mass is 1370 g/mol. The molecule has 0 aliphatic rings. The van der Waals surface area contributed by atoms with Crippen LogP contribution >= 0.6 is 15.6 Å². The first-order chi connectivity index (χ1) is 44.6. The predicted octanol–water partition coefficient (Wildman–Crippen LogP) is 21.3. The van der Waals surface area contributed by atoms with Crippen LogP contribution in [0, 0.1) is 23.7 Å². The van der Waals surface area contributed by atoms with E-state index >= 15 is 0 Å². The van der Waals surface area contributed by atoms with E-state index in [0.717, 1.165) is 114 Å². The third kappa shape index (κ3) is 67.0. The average Bonchev–Trinajstić information content (AvgIpc) is 2.85. The van der Waals surface area contributed by atoms with Gasteiger partial charge in [-0.25, -0.2) is 9.13 Å². The molecule has 0 aromatic heterocycles. The molecule has 0 spiro atoms. The first kappa shape index (κ1) is 91.1. The second kappa shape index (κ2) is 63.5. The molecule has 0 rings (SSSR count). The molecule has 0 bridgehead atoms. The molecular weight excluding hydrogens is 1220 g/mol. The maximum absolute atomic E-state index is 13.0. The Labute approximate surface area is 568 Å². The summed E-state index contributed by atoms with van der Waals surface area (Å²) in [6, 6.07) is 0. The highest BCUT2D eigenvalue weighted by Gasteiger charge is 2.30. The van der Waals surface area contributed by atoms with Gasteiger partial charge in [-0.2, -0.15) is 0 Å². The van der Waals surface area contributed by atoms with Gasteiger partial charge in [-0.1, -0.05) is 319 Å². The zero-order valence-corrected chi connectivity index (χ0v) is 62.7. The predicted molar refractivity (Wildman–Crippen MR) is 377 cm³/mol. The number of aliphatic hydroxyl groups excluding tert-OH is 1. The van der Waals surface area contributed by atoms with Gasteiger partial charge in [-0.3, -0.25) is 37.3 Å². The summed E-state index contributed by atoms with van der Waals surface area (Å²) in [7, 11) is -9.91. The molecule has 0 aromatic carbocycles. The number of hydrogen-bond acceptors (Lipinski definition) is 15. The molecule has 0 aromatic rings. The number of rotatable bonds is 71. The molecule has 19 heteroatoms. The molecule has 0 amide bonds. The van der Waals surface area contributed by atoms with Crippen molar-refractivity contribution in [3.05, 3.63) is 0 Å². The minimum atomic E-state index is -4.95. The van der Waals surface area contributed by atoms with E-state index in [0.29, 0.717) is 31.6 Å². The molecule has 0 fully saturated rings. The van der Waals surface area contributed by atoms with Crippen LogP contribution in [-0.4, -0.2) is 96.7 Å². The number of ether oxygens (including phenoxy) is 4. The molecule has 3 unspecified atom stereocenters. The average molecular weight is 1370 g/mol. The standard InChI is InChI=1S/C74H144O17P2/c1-9-67(8)53-45-37-31-33-39-47-55-72(77)85-61-69(90-73(78)56-48-40-29-25-21-17-16-19-23-27-35-43-51-65(4)5)62-88-92(80,81)86-58-68(75)59-87-93(82,83)89-63-70(91-74(79)57-49-41-32-30-36-44-52-66(6)7)60-84-71(76)54-46-38-28-24-20-15-13-11-10-12-14-18-22-26-34-42-50-64(2)3/h64-70,75H,9-63H2,1-8H3,(H,80,81)(H,82,83)/t67?,68-,69+,70+/m0/s1. The second-order valence-electron chi connectivity index (χ2n) is 28.4. The van der Waals surface area contributed by atoms with Crippen molar-refractivity contribution >= 4 is 39.5 Å². The normalized spacial score (nSPS) is 14.5. The Balaban J connectivity index is 5.16. The van der Waals surface area contributed by atoms with E-state index in [2.05, 4.69) is 55.4 Å². The van der Waals surface area contributed by atoms with Crippen LogP contribution in [0.4, 0.5) is 0 Å². The number of hydrogen-bond donors (Lipinski definition) is 3. The van der Waals surface area contributed by atoms with Crippen LogP contribution in [0.5, 0.6) is 0 Å². The van der Waals surface area contributed by atoms with Crippen LogP contribution in [0.1, 0.15) is 370 Å². The van der Waals surface area contributed by atoms with Crippen LogP contribution in [0.15, 0.2) is 0 Å². The number of phosphoric acid groups is 2. The van der Waals surface area contributed by atoms with Crippen molar-refractivity contribution in [1.29, 1.82) is 0 Å². The number of esters is 4. The Kier molecular flexibility index (Phi) is 62.2. The molecule has 0 aliphatic carbocycles. The molecule has 0 saturated carbocycles. The summed E-state index contributed by atoms with van der Waals surface area (Å²) in [5, 5.41) is 10.6. The molecule has 0 heterocycles. The third-order valence-corrected chi connectivity index (χ3v) is 19.3. The highest BCUT2D eigenvalue weighted by Crippen LogP contribution is 2.45. The zero-order valence-electron chi connectivity index (χ0n) is 60.9. The van der Waals surface area contributed by atoms with Gasteiger partial charge in [0.15, 0.2) is 12.2 Å². The van der Waals surface area contributed by atoms with E-state index in [1.165, 1.54) is 167 Å². The van der Waals surface area contributed by atoms with E-state index in [1.54, 1.807) is 0 Å². The molecule has 552 valence electrons. The van der Waals surface area contributed by atoms with Crippen molar-refractivity contribution in [3.63, 3.8) is 0 Å². The van der Waals surface area contributed by atoms with Crippen molar-refractivity contribution < 1.29 is 80.2 Å². The van der Waals surface area contributed by atoms with Crippen molar-refractivity contribution in [1.82, 2.24) is 0 Å². The summed E-state index contributed by atoms with van der Waals surface area (Å²) in [6.07, 6.45) is 47.5. The maximum atomic E-state index is 13.0. The lowest BCUT2D eigenvalue weighted by Gasteiger charge is -2.21. The lowest BCUT2D eigenvalue weighted by atomic mass is 10.00. The minimum absolute atomic E-state index is 0.102. The molecule has 3 N–H and O–H groups in total. The number of unbranched alkanes of at least 4 members (excludes halogenated alkanes) is 36. The fraction of sp³-hybridized carbons (Fsp3) is 0.946. The number of phosphoric ester groups is 2. The molecular formula is C74H144O17P2. The fourth-order valence-corrected chi connectivity index (χ4v) is 12.7. The largest absolute Gasteiger partial charge is 0.472 e. The Hall–Kier alpha value is -1.94. The summed E-state index contributed by atoms with van der Waals surface area (Å²) in [4.78, 5) is 72.6. The highest BCUT2D eigenvalue weighted by atomic mass is 31.2. The molecule has 0 radical (unpaired) electrons. The third-order valence-electron chi connectivity index (χ3n) is 17.4. The van der Waals surface area contributed by atoms with Gasteiger partial charge in [-0.15, -0.1) is 0 Å². The quantitative estimate of drug-likeness (QED) is 0.0222. The maximum Gasteiger partial charge on any atom is 0.472 e. The van der Waals surface area contributed by atoms with Crippen LogP contribution in [0.2, 0.25) is 0 Å². The smallest absolute Gasteiger partial charge is 0.462 e. The van der Waals surface area contributed by atoms with Crippen molar-refractivity contribution in [2.24, 2.45) is 23.7 Å². The van der Waals surface area contributed by atoms with Crippen LogP contribution in [-0.2, 0) is 65.4 Å². The Bertz CT molecular complexity index is 1840. The Morgan fingerprint density at radius 2 is 0.516 bits per heavy atom. The van der Waals surface area contributed by atoms with Gasteiger partial charge < -0.3 is 33.8 Å². The molecule has 17 nitrogen and oxygen atoms in total. The van der Waals surface area contributed by atoms with E-state index in [4.69, 9.17) is 37.0 Å². The van der Waals surface area contributed by atoms with Crippen molar-refractivity contribution in [2.45, 2.75) is 388 Å². The van der Waals surface area contributed by atoms with Crippen molar-refractivity contribution in [2.75, 3.05) is 39.6 Å². The Morgan fingerprint density at radius 1 is 0.301 bits per heavy atom. The van der Waals surface area contributed by atoms with E-state index in [-0.39, 0.29) is 25.7 Å². The van der Waals surface area contributed by atoms with Crippen LogP contribution in [0.3, 0.4) is 0 Å². The highest BCUT2D eigenvalue weighted by molar-refractivity contribution is 7.47. The lowest BCUT2D eigenvalue weighted by molar-refractivity contribution is -0.161. The van der Waals surface area contributed by atoms with E-state index in [1.807, 2.05) is 0 Å². The van der Waals surface area contributed by atoms with Crippen LogP contribution < -0.4 is 0 Å². The first-order valence-electron chi connectivity index (χ1n) is 38.2. The fourth-order valence-electron chi connectivity index (χ4n) is 11.2. The van der Waals surface area contributed by atoms with Crippen molar-refractivity contribution in [3.8, 4) is 0 Å². The lowest BCUT2D eigenvalue weighted by Crippen LogP contribution is -2.30. The summed E-state index contributed by atoms with van der Waals surface area (Å²) < 4.78 is 68.4. The van der Waals surface area contributed by atoms with E-state index in [9.17, 15) is 43.2 Å². The van der Waals surface area contributed by atoms with E-state index < -0.39 is 97.5 Å². The molecule has 0 aliphatic heterocycles. The number of carbonyl (C=O) groups is 4. The van der Waals surface area contributed by atoms with Gasteiger partial charge in [0.1, 0.15) is 19.3 Å². The van der Waals surface area contributed by atoms with Gasteiger partial charge in [-0.05, 0) is 49.4 Å². The zero-order chi connectivity index (χ0) is 68.9. The Morgan fingerprint density at radius 3 is 0.763 bits per heavy atom. The SMILES string of the molecule is CCC(C)CCCCCCCCC(=O)OC[C@H](COP(=O)(O)OC[C@H](O)COP(=O)(O)OC[C@@H](COC(=O)CCCCCCCCCCCCCCCCCCC(C)C)OC(=O)CCCCCCCCC(C)C)OC(=O)CCCCCCCCCCCCCCC(C)C. The summed E-state index contributed by atoms with van der Waals surface area (Å²) in [5.74, 6) is 0.860. The topological polar surface area (TPSA) is 237 Å². The van der Waals surface area contributed by atoms with Gasteiger partial charge >= 0.3 is 39.5 Å². The van der Waals surface area contributed by atoms with Gasteiger partial charge in [0.05, 0.1) is 26.4 Å². The van der Waals surface area contributed by atoms with Gasteiger partial charge in [0, 0.05) is 25.7 Å². The molecule has 93 heavy (non-hydrogen) atoms. The summed E-state index contributed by atoms with van der Waals surface area (Å²) >= 11 is 0. The number of carbonyl (C=O) groups excluding carboxylic acids is 4. The van der Waals surface area contributed by atoms with Gasteiger partial charge in [0.25, 0.3) is 0 Å². The first-order valence-corrected chi connectivity index (χ1v) is 41.2. The second-order valence-corrected chi connectivity index (χ2v) is 31.3. The number of aliphatic hydroxyl groups is 1.